The molecule has 1 aromatic rings. The molecule has 0 N–H and O–H groups in total. The van der Waals surface area contributed by atoms with Crippen LogP contribution in [0.1, 0.15) is 25.3 Å². The van der Waals surface area contributed by atoms with Gasteiger partial charge in [0.25, 0.3) is 0 Å². The van der Waals surface area contributed by atoms with Crippen LogP contribution in [0, 0.1) is 0 Å². The Labute approximate surface area is 84.8 Å². The van der Waals surface area contributed by atoms with E-state index in [2.05, 4.69) is 24.3 Å². The Morgan fingerprint density at radius 2 is 2.00 bits per heavy atom. The lowest BCUT2D eigenvalue weighted by Gasteiger charge is -2.05. The second-order valence-corrected chi connectivity index (χ2v) is 3.89. The van der Waals surface area contributed by atoms with E-state index >= 15 is 0 Å². The molecule has 1 heterocycles. The summed E-state index contributed by atoms with van der Waals surface area (Å²) in [5.41, 5.74) is 1.37. The van der Waals surface area contributed by atoms with Crippen molar-refractivity contribution in [2.24, 2.45) is 0 Å². The van der Waals surface area contributed by atoms with Crippen molar-refractivity contribution in [1.29, 1.82) is 0 Å². The molecule has 2 nitrogen and oxygen atoms in total. The van der Waals surface area contributed by atoms with Gasteiger partial charge in [-0.1, -0.05) is 30.3 Å². The summed E-state index contributed by atoms with van der Waals surface area (Å²) < 4.78 is 0. The highest BCUT2D eigenvalue weighted by Crippen LogP contribution is 2.20. The van der Waals surface area contributed by atoms with Crippen LogP contribution in [-0.2, 0) is 16.2 Å². The van der Waals surface area contributed by atoms with Crippen molar-refractivity contribution < 1.29 is 9.78 Å². The van der Waals surface area contributed by atoms with Gasteiger partial charge in [-0.15, -0.1) is 0 Å². The largest absolute Gasteiger partial charge is 0.233 e. The Morgan fingerprint density at radius 1 is 1.21 bits per heavy atom. The standard InChI is InChI=1S/C12H16O2/c1-10-9-12(14-13-10)8-7-11-5-3-2-4-6-11/h2-6,10,12H,7-9H2,1H3/t10-,12+/m0/s1. The molecule has 0 spiro atoms. The second kappa shape index (κ2) is 4.58. The Balaban J connectivity index is 1.78. The molecule has 0 aliphatic carbocycles. The highest BCUT2D eigenvalue weighted by Gasteiger charge is 2.23. The molecule has 2 rings (SSSR count). The van der Waals surface area contributed by atoms with E-state index in [0.29, 0.717) is 0 Å². The predicted octanol–water partition coefficient (Wildman–Crippen LogP) is 2.73. The van der Waals surface area contributed by atoms with E-state index in [0.717, 1.165) is 19.3 Å². The summed E-state index contributed by atoms with van der Waals surface area (Å²) in [6.07, 6.45) is 3.68. The number of rotatable bonds is 3. The molecule has 1 aliphatic heterocycles. The maximum Gasteiger partial charge on any atom is 0.0959 e. The highest BCUT2D eigenvalue weighted by atomic mass is 17.2. The van der Waals surface area contributed by atoms with E-state index < -0.39 is 0 Å². The zero-order valence-electron chi connectivity index (χ0n) is 8.48. The smallest absolute Gasteiger partial charge is 0.0959 e. The van der Waals surface area contributed by atoms with E-state index in [1.807, 2.05) is 13.0 Å². The van der Waals surface area contributed by atoms with Crippen LogP contribution in [-0.4, -0.2) is 12.2 Å². The van der Waals surface area contributed by atoms with E-state index in [-0.39, 0.29) is 12.2 Å². The van der Waals surface area contributed by atoms with Crippen molar-refractivity contribution in [1.82, 2.24) is 0 Å². The molecule has 1 fully saturated rings. The Morgan fingerprint density at radius 3 is 2.64 bits per heavy atom. The number of benzene rings is 1. The molecule has 1 aromatic carbocycles. The Kier molecular flexibility index (Phi) is 3.17. The van der Waals surface area contributed by atoms with Crippen molar-refractivity contribution in [2.45, 2.75) is 38.4 Å². The van der Waals surface area contributed by atoms with Crippen LogP contribution in [0.3, 0.4) is 0 Å². The van der Waals surface area contributed by atoms with Gasteiger partial charge in [-0.2, -0.15) is 0 Å². The maximum absolute atomic E-state index is 5.19. The topological polar surface area (TPSA) is 18.5 Å². The lowest BCUT2D eigenvalue weighted by molar-refractivity contribution is -0.294. The molecule has 0 aromatic heterocycles. The molecule has 0 saturated carbocycles. The van der Waals surface area contributed by atoms with Gasteiger partial charge >= 0.3 is 0 Å². The molecule has 0 amide bonds. The summed E-state index contributed by atoms with van der Waals surface area (Å²) in [4.78, 5) is 10.2. The summed E-state index contributed by atoms with van der Waals surface area (Å²) >= 11 is 0. The van der Waals surface area contributed by atoms with Crippen LogP contribution >= 0.6 is 0 Å². The summed E-state index contributed by atoms with van der Waals surface area (Å²) in [7, 11) is 0. The van der Waals surface area contributed by atoms with Gasteiger partial charge in [0.15, 0.2) is 0 Å². The van der Waals surface area contributed by atoms with Crippen LogP contribution in [0.5, 0.6) is 0 Å². The normalized spacial score (nSPS) is 26.6. The molecule has 1 aliphatic rings. The minimum absolute atomic E-state index is 0.260. The van der Waals surface area contributed by atoms with Crippen LogP contribution in [0.15, 0.2) is 30.3 Å². The van der Waals surface area contributed by atoms with E-state index in [1.54, 1.807) is 0 Å². The summed E-state index contributed by atoms with van der Waals surface area (Å²) in [5.74, 6) is 0. The van der Waals surface area contributed by atoms with Crippen LogP contribution in [0.2, 0.25) is 0 Å². The van der Waals surface area contributed by atoms with E-state index in [9.17, 15) is 0 Å². The van der Waals surface area contributed by atoms with Crippen LogP contribution in [0.4, 0.5) is 0 Å². The number of hydrogen-bond acceptors (Lipinski definition) is 2. The van der Waals surface area contributed by atoms with Crippen molar-refractivity contribution in [3.05, 3.63) is 35.9 Å². The van der Waals surface area contributed by atoms with Gasteiger partial charge in [-0.3, -0.25) is 0 Å². The molecule has 0 unspecified atom stereocenters. The molecule has 0 bridgehead atoms. The molecule has 2 heteroatoms. The third kappa shape index (κ3) is 2.56. The summed E-state index contributed by atoms with van der Waals surface area (Å²) in [6.45, 7) is 2.04. The van der Waals surface area contributed by atoms with Gasteiger partial charge in [-0.25, -0.2) is 9.78 Å². The zero-order valence-corrected chi connectivity index (χ0v) is 8.48. The quantitative estimate of drug-likeness (QED) is 0.685. The molecule has 1 saturated heterocycles. The van der Waals surface area contributed by atoms with Crippen molar-refractivity contribution in [3.8, 4) is 0 Å². The van der Waals surface area contributed by atoms with Crippen LogP contribution < -0.4 is 0 Å². The second-order valence-electron chi connectivity index (χ2n) is 3.89. The summed E-state index contributed by atoms with van der Waals surface area (Å²) in [6, 6.07) is 10.5. The molecular formula is C12H16O2. The Bertz CT molecular complexity index is 271. The van der Waals surface area contributed by atoms with Gasteiger partial charge in [0.1, 0.15) is 0 Å². The lowest BCUT2D eigenvalue weighted by Crippen LogP contribution is -2.06. The SMILES string of the molecule is C[C@H]1C[C@@H](CCc2ccccc2)OO1. The van der Waals surface area contributed by atoms with E-state index in [1.165, 1.54) is 5.56 Å². The number of hydrogen-bond donors (Lipinski definition) is 0. The first kappa shape index (κ1) is 9.69. The maximum atomic E-state index is 5.19. The van der Waals surface area contributed by atoms with E-state index in [4.69, 9.17) is 9.78 Å². The minimum Gasteiger partial charge on any atom is -0.233 e. The molecule has 14 heavy (non-hydrogen) atoms. The van der Waals surface area contributed by atoms with Gasteiger partial charge in [0.2, 0.25) is 0 Å². The van der Waals surface area contributed by atoms with Crippen molar-refractivity contribution in [2.75, 3.05) is 0 Å². The predicted molar refractivity (Wildman–Crippen MR) is 54.8 cm³/mol. The lowest BCUT2D eigenvalue weighted by atomic mass is 10.0. The fourth-order valence-electron chi connectivity index (χ4n) is 1.76. The molecular weight excluding hydrogens is 176 g/mol. The first-order chi connectivity index (χ1) is 6.84. The minimum atomic E-state index is 0.260. The van der Waals surface area contributed by atoms with Gasteiger partial charge < -0.3 is 0 Å². The highest BCUT2D eigenvalue weighted by molar-refractivity contribution is 5.14. The van der Waals surface area contributed by atoms with Gasteiger partial charge in [-0.05, 0) is 25.3 Å². The Hall–Kier alpha value is -0.860. The third-order valence-corrected chi connectivity index (χ3v) is 2.55. The third-order valence-electron chi connectivity index (χ3n) is 2.55. The average molecular weight is 192 g/mol. The monoisotopic (exact) mass is 192 g/mol. The number of aryl methyl sites for hydroxylation is 1. The van der Waals surface area contributed by atoms with Crippen LogP contribution in [0.25, 0.3) is 0 Å². The fourth-order valence-corrected chi connectivity index (χ4v) is 1.76. The fraction of sp³-hybridized carbons (Fsp3) is 0.500. The van der Waals surface area contributed by atoms with Gasteiger partial charge in [0.05, 0.1) is 12.2 Å². The molecule has 0 radical (unpaired) electrons. The zero-order chi connectivity index (χ0) is 9.80. The van der Waals surface area contributed by atoms with Gasteiger partial charge in [0, 0.05) is 6.42 Å². The summed E-state index contributed by atoms with van der Waals surface area (Å²) in [5, 5.41) is 0. The van der Waals surface area contributed by atoms with Crippen molar-refractivity contribution in [3.63, 3.8) is 0 Å². The van der Waals surface area contributed by atoms with Crippen molar-refractivity contribution >= 4 is 0 Å². The first-order valence-electron chi connectivity index (χ1n) is 5.20. The average Bonchev–Trinajstić information content (AvgIpc) is 2.63. The molecule has 2 atom stereocenters. The first-order valence-corrected chi connectivity index (χ1v) is 5.20. The molecule has 76 valence electrons.